The van der Waals surface area contributed by atoms with E-state index in [1.807, 2.05) is 20.8 Å². The normalized spacial score (nSPS) is 12.1. The van der Waals surface area contributed by atoms with Crippen LogP contribution in [0, 0.1) is 0 Å². The predicted molar refractivity (Wildman–Crippen MR) is 79.0 cm³/mol. The molecule has 2 rings (SSSR count). The summed E-state index contributed by atoms with van der Waals surface area (Å²) < 4.78 is 43.4. The van der Waals surface area contributed by atoms with Crippen molar-refractivity contribution < 1.29 is 17.9 Å². The molecule has 0 unspecified atom stereocenters. The molecule has 8 heteroatoms. The summed E-state index contributed by atoms with van der Waals surface area (Å²) in [6.07, 6.45) is -1.85. The number of nitrogens with one attached hydrogen (secondary N) is 1. The van der Waals surface area contributed by atoms with Gasteiger partial charge in [-0.05, 0) is 38.5 Å². The smallest absolute Gasteiger partial charge is 0.433 e. The monoisotopic (exact) mass is 326 g/mol. The number of hydrogen-bond donors (Lipinski definition) is 1. The van der Waals surface area contributed by atoms with Gasteiger partial charge in [0.1, 0.15) is 11.3 Å². The third-order valence-corrected chi connectivity index (χ3v) is 2.61. The summed E-state index contributed by atoms with van der Waals surface area (Å²) in [4.78, 5) is 11.3. The Balaban J connectivity index is 2.05. The average molecular weight is 326 g/mol. The molecule has 5 nitrogen and oxygen atoms in total. The van der Waals surface area contributed by atoms with Crippen molar-refractivity contribution in [3.63, 3.8) is 0 Å². The second-order valence-corrected chi connectivity index (χ2v) is 5.83. The Labute approximate surface area is 131 Å². The molecule has 0 aromatic carbocycles. The molecular weight excluding hydrogens is 309 g/mol. The highest BCUT2D eigenvalue weighted by Crippen LogP contribution is 2.27. The van der Waals surface area contributed by atoms with Crippen molar-refractivity contribution in [1.29, 1.82) is 0 Å². The molecule has 0 aliphatic rings. The Morgan fingerprint density at radius 3 is 2.43 bits per heavy atom. The van der Waals surface area contributed by atoms with Crippen molar-refractivity contribution in [2.75, 3.05) is 5.32 Å². The molecule has 0 spiro atoms. The van der Waals surface area contributed by atoms with E-state index in [1.165, 1.54) is 0 Å². The van der Waals surface area contributed by atoms with Crippen molar-refractivity contribution in [2.45, 2.75) is 39.1 Å². The van der Waals surface area contributed by atoms with E-state index in [0.29, 0.717) is 5.88 Å². The number of aromatic nitrogens is 3. The second kappa shape index (κ2) is 6.39. The van der Waals surface area contributed by atoms with Crippen LogP contribution in [0.15, 0.2) is 30.6 Å². The molecule has 0 fully saturated rings. The van der Waals surface area contributed by atoms with Crippen LogP contribution in [0.5, 0.6) is 5.88 Å². The van der Waals surface area contributed by atoms with E-state index in [-0.39, 0.29) is 18.1 Å². The molecule has 0 radical (unpaired) electrons. The van der Waals surface area contributed by atoms with Gasteiger partial charge in [0.25, 0.3) is 0 Å². The van der Waals surface area contributed by atoms with Crippen molar-refractivity contribution in [2.24, 2.45) is 0 Å². The van der Waals surface area contributed by atoms with E-state index < -0.39 is 11.9 Å². The summed E-state index contributed by atoms with van der Waals surface area (Å²) in [5.74, 6) is 0.358. The van der Waals surface area contributed by atoms with Gasteiger partial charge in [-0.25, -0.2) is 15.0 Å². The molecule has 0 amide bonds. The molecule has 0 bridgehead atoms. The average Bonchev–Trinajstić information content (AvgIpc) is 2.43. The molecule has 1 N–H and O–H groups in total. The first-order chi connectivity index (χ1) is 10.6. The lowest BCUT2D eigenvalue weighted by atomic mass is 10.2. The molecule has 2 aromatic heterocycles. The minimum Gasteiger partial charge on any atom is -0.472 e. The summed E-state index contributed by atoms with van der Waals surface area (Å²) >= 11 is 0. The molecule has 0 aliphatic carbocycles. The Morgan fingerprint density at radius 1 is 1.09 bits per heavy atom. The van der Waals surface area contributed by atoms with Crippen LogP contribution < -0.4 is 10.1 Å². The SMILES string of the molecule is CC(C)(C)Oc1cc(CNc2nccc(C(F)(F)F)n2)ccn1. The Morgan fingerprint density at radius 2 is 1.78 bits per heavy atom. The molecule has 0 atom stereocenters. The zero-order chi connectivity index (χ0) is 17.1. The molecule has 2 heterocycles. The van der Waals surface area contributed by atoms with Gasteiger partial charge in [0.15, 0.2) is 0 Å². The molecule has 23 heavy (non-hydrogen) atoms. The van der Waals surface area contributed by atoms with Crippen LogP contribution in [0.4, 0.5) is 19.1 Å². The first-order valence-electron chi connectivity index (χ1n) is 6.91. The number of rotatable bonds is 4. The third kappa shape index (κ3) is 5.39. The highest BCUT2D eigenvalue weighted by atomic mass is 19.4. The molecule has 2 aromatic rings. The van der Waals surface area contributed by atoms with E-state index in [0.717, 1.165) is 17.8 Å². The van der Waals surface area contributed by atoms with Crippen LogP contribution in [-0.2, 0) is 12.7 Å². The number of anilines is 1. The van der Waals surface area contributed by atoms with E-state index in [4.69, 9.17) is 4.74 Å². The molecular formula is C15H17F3N4O. The van der Waals surface area contributed by atoms with Crippen LogP contribution in [0.3, 0.4) is 0 Å². The van der Waals surface area contributed by atoms with Crippen molar-refractivity contribution in [1.82, 2.24) is 15.0 Å². The first kappa shape index (κ1) is 17.0. The van der Waals surface area contributed by atoms with Gasteiger partial charge in [-0.3, -0.25) is 0 Å². The van der Waals surface area contributed by atoms with E-state index in [9.17, 15) is 13.2 Å². The molecule has 0 saturated carbocycles. The van der Waals surface area contributed by atoms with Gasteiger partial charge >= 0.3 is 6.18 Å². The molecule has 0 aliphatic heterocycles. The number of hydrogen-bond acceptors (Lipinski definition) is 5. The summed E-state index contributed by atoms with van der Waals surface area (Å²) in [7, 11) is 0. The summed E-state index contributed by atoms with van der Waals surface area (Å²) in [5, 5.41) is 2.76. The van der Waals surface area contributed by atoms with Gasteiger partial charge in [-0.15, -0.1) is 0 Å². The van der Waals surface area contributed by atoms with Crippen LogP contribution in [-0.4, -0.2) is 20.6 Å². The minimum atomic E-state index is -4.50. The van der Waals surface area contributed by atoms with E-state index >= 15 is 0 Å². The fourth-order valence-electron chi connectivity index (χ4n) is 1.71. The Bertz CT molecular complexity index is 668. The van der Waals surface area contributed by atoms with Crippen molar-refractivity contribution >= 4 is 5.95 Å². The summed E-state index contributed by atoms with van der Waals surface area (Å²) in [6, 6.07) is 4.27. The lowest BCUT2D eigenvalue weighted by Gasteiger charge is -2.20. The Hall–Kier alpha value is -2.38. The first-order valence-corrected chi connectivity index (χ1v) is 6.91. The van der Waals surface area contributed by atoms with Crippen LogP contribution in [0.25, 0.3) is 0 Å². The van der Waals surface area contributed by atoms with Gasteiger partial charge in [0, 0.05) is 25.0 Å². The maximum Gasteiger partial charge on any atom is 0.433 e. The van der Waals surface area contributed by atoms with Crippen molar-refractivity contribution in [3.05, 3.63) is 41.9 Å². The van der Waals surface area contributed by atoms with Crippen LogP contribution in [0.2, 0.25) is 0 Å². The van der Waals surface area contributed by atoms with Gasteiger partial charge in [0.2, 0.25) is 11.8 Å². The van der Waals surface area contributed by atoms with Gasteiger partial charge < -0.3 is 10.1 Å². The lowest BCUT2D eigenvalue weighted by molar-refractivity contribution is -0.141. The largest absolute Gasteiger partial charge is 0.472 e. The van der Waals surface area contributed by atoms with Crippen molar-refractivity contribution in [3.8, 4) is 5.88 Å². The van der Waals surface area contributed by atoms with E-state index in [2.05, 4.69) is 20.3 Å². The fourth-order valence-corrected chi connectivity index (χ4v) is 1.71. The van der Waals surface area contributed by atoms with Gasteiger partial charge in [0.05, 0.1) is 0 Å². The maximum atomic E-state index is 12.6. The zero-order valence-electron chi connectivity index (χ0n) is 13.0. The quantitative estimate of drug-likeness (QED) is 0.929. The third-order valence-electron chi connectivity index (χ3n) is 2.61. The summed E-state index contributed by atoms with van der Waals surface area (Å²) in [5.41, 5.74) is -0.579. The topological polar surface area (TPSA) is 59.9 Å². The lowest BCUT2D eigenvalue weighted by Crippen LogP contribution is -2.23. The second-order valence-electron chi connectivity index (χ2n) is 5.83. The highest BCUT2D eigenvalue weighted by molar-refractivity contribution is 5.30. The summed E-state index contributed by atoms with van der Waals surface area (Å²) in [6.45, 7) is 5.95. The van der Waals surface area contributed by atoms with E-state index in [1.54, 1.807) is 18.3 Å². The highest BCUT2D eigenvalue weighted by Gasteiger charge is 2.32. The number of pyridine rings is 1. The number of halogens is 3. The number of ether oxygens (including phenoxy) is 1. The molecule has 124 valence electrons. The minimum absolute atomic E-state index is 0.0880. The number of nitrogens with zero attached hydrogens (tertiary/aromatic N) is 3. The number of alkyl halides is 3. The molecule has 0 saturated heterocycles. The maximum absolute atomic E-state index is 12.6. The van der Waals surface area contributed by atoms with Crippen LogP contribution >= 0.6 is 0 Å². The van der Waals surface area contributed by atoms with Crippen LogP contribution in [0.1, 0.15) is 32.0 Å². The predicted octanol–water partition coefficient (Wildman–Crippen LogP) is 3.68. The zero-order valence-corrected chi connectivity index (χ0v) is 13.0. The van der Waals surface area contributed by atoms with Gasteiger partial charge in [-0.1, -0.05) is 0 Å². The fraction of sp³-hybridized carbons (Fsp3) is 0.400. The Kier molecular flexibility index (Phi) is 4.72. The standard InChI is InChI=1S/C15H17F3N4O/c1-14(2,3)23-12-8-10(4-6-19-12)9-21-13-20-7-5-11(22-13)15(16,17)18/h4-8H,9H2,1-3H3,(H,20,21,22). The van der Waals surface area contributed by atoms with Gasteiger partial charge in [-0.2, -0.15) is 13.2 Å².